The minimum absolute atomic E-state index is 0.239. The number of halogens is 1. The molecule has 0 spiro atoms. The van der Waals surface area contributed by atoms with Crippen molar-refractivity contribution in [1.29, 1.82) is 0 Å². The number of carbonyl (C=O) groups excluding carboxylic acids is 2. The van der Waals surface area contributed by atoms with Crippen molar-refractivity contribution in [3.05, 3.63) is 64.7 Å². The quantitative estimate of drug-likeness (QED) is 0.663. The maximum atomic E-state index is 11.7. The van der Waals surface area contributed by atoms with Gasteiger partial charge in [-0.15, -0.1) is 0 Å². The predicted molar refractivity (Wildman–Crippen MR) is 105 cm³/mol. The van der Waals surface area contributed by atoms with Crippen LogP contribution in [0.4, 0.5) is 0 Å². The van der Waals surface area contributed by atoms with Gasteiger partial charge in [0.1, 0.15) is 5.75 Å². The molecule has 0 aliphatic heterocycles. The fraction of sp³-hybridized carbons (Fsp3) is 0.333. The Bertz CT molecular complexity index is 759. The molecule has 0 saturated carbocycles. The zero-order chi connectivity index (χ0) is 19.6. The summed E-state index contributed by atoms with van der Waals surface area (Å²) in [6.07, 6.45) is 0.649. The monoisotopic (exact) mass is 389 g/mol. The molecule has 0 aromatic heterocycles. The van der Waals surface area contributed by atoms with Crippen molar-refractivity contribution in [3.63, 3.8) is 0 Å². The Labute approximate surface area is 164 Å². The standard InChI is InChI=1S/C21H24ClNO4/c1-15(2)17-6-8-19(9-7-17)26-14-21(25)27-13-20(24)23-11-10-16-4-3-5-18(22)12-16/h3-9,12,15H,10-11,13-14H2,1-2H3,(H,23,24). The summed E-state index contributed by atoms with van der Waals surface area (Å²) in [7, 11) is 0. The summed E-state index contributed by atoms with van der Waals surface area (Å²) in [6.45, 7) is 4.08. The molecule has 5 nitrogen and oxygen atoms in total. The lowest BCUT2D eigenvalue weighted by Crippen LogP contribution is -2.31. The van der Waals surface area contributed by atoms with E-state index in [9.17, 15) is 9.59 Å². The molecule has 0 saturated heterocycles. The molecule has 2 aromatic carbocycles. The summed E-state index contributed by atoms with van der Waals surface area (Å²) in [5.74, 6) is 0.0725. The van der Waals surface area contributed by atoms with E-state index >= 15 is 0 Å². The Morgan fingerprint density at radius 2 is 1.81 bits per heavy atom. The predicted octanol–water partition coefficient (Wildman–Crippen LogP) is 3.74. The van der Waals surface area contributed by atoms with Crippen LogP contribution in [0, 0.1) is 0 Å². The summed E-state index contributed by atoms with van der Waals surface area (Å²) < 4.78 is 10.3. The van der Waals surface area contributed by atoms with Crippen molar-refractivity contribution in [2.45, 2.75) is 26.2 Å². The number of nitrogens with one attached hydrogen (secondary N) is 1. The maximum absolute atomic E-state index is 11.7. The summed E-state index contributed by atoms with van der Waals surface area (Å²) in [5, 5.41) is 3.36. The molecule has 27 heavy (non-hydrogen) atoms. The highest BCUT2D eigenvalue weighted by atomic mass is 35.5. The van der Waals surface area contributed by atoms with E-state index in [2.05, 4.69) is 19.2 Å². The van der Waals surface area contributed by atoms with E-state index < -0.39 is 5.97 Å². The van der Waals surface area contributed by atoms with Gasteiger partial charge >= 0.3 is 5.97 Å². The number of rotatable bonds is 9. The molecule has 0 atom stereocenters. The van der Waals surface area contributed by atoms with Crippen LogP contribution >= 0.6 is 11.6 Å². The molecule has 2 rings (SSSR count). The topological polar surface area (TPSA) is 64.6 Å². The molecule has 0 heterocycles. The van der Waals surface area contributed by atoms with Gasteiger partial charge in [-0.1, -0.05) is 49.7 Å². The highest BCUT2D eigenvalue weighted by Crippen LogP contribution is 2.18. The third kappa shape index (κ3) is 7.71. The fourth-order valence-electron chi connectivity index (χ4n) is 2.37. The average molecular weight is 390 g/mol. The van der Waals surface area contributed by atoms with Crippen LogP contribution in [0.5, 0.6) is 5.75 Å². The first-order valence-electron chi connectivity index (χ1n) is 8.83. The Morgan fingerprint density at radius 3 is 2.48 bits per heavy atom. The van der Waals surface area contributed by atoms with Crippen LogP contribution in [0.3, 0.4) is 0 Å². The van der Waals surface area contributed by atoms with Gasteiger partial charge in [-0.05, 0) is 47.7 Å². The molecule has 6 heteroatoms. The van der Waals surface area contributed by atoms with Crippen LogP contribution in [0.15, 0.2) is 48.5 Å². The first-order valence-corrected chi connectivity index (χ1v) is 9.21. The van der Waals surface area contributed by atoms with Crippen molar-refractivity contribution in [1.82, 2.24) is 5.32 Å². The van der Waals surface area contributed by atoms with Gasteiger partial charge < -0.3 is 14.8 Å². The van der Waals surface area contributed by atoms with Crippen LogP contribution in [-0.2, 0) is 20.7 Å². The molecule has 1 N–H and O–H groups in total. The number of carbonyl (C=O) groups is 2. The molecule has 0 fully saturated rings. The second kappa shape index (κ2) is 10.6. The van der Waals surface area contributed by atoms with Gasteiger partial charge in [0.05, 0.1) is 0 Å². The Hall–Kier alpha value is -2.53. The molecule has 0 aliphatic rings. The molecule has 0 aliphatic carbocycles. The number of ether oxygens (including phenoxy) is 2. The molecule has 0 radical (unpaired) electrons. The number of hydrogen-bond donors (Lipinski definition) is 1. The van der Waals surface area contributed by atoms with Crippen molar-refractivity contribution >= 4 is 23.5 Å². The molecule has 0 unspecified atom stereocenters. The lowest BCUT2D eigenvalue weighted by molar-refractivity contribution is -0.150. The van der Waals surface area contributed by atoms with Gasteiger partial charge in [-0.3, -0.25) is 4.79 Å². The highest BCUT2D eigenvalue weighted by Gasteiger charge is 2.09. The Kier molecular flexibility index (Phi) is 8.14. The maximum Gasteiger partial charge on any atom is 0.344 e. The van der Waals surface area contributed by atoms with E-state index in [4.69, 9.17) is 21.1 Å². The van der Waals surface area contributed by atoms with E-state index in [0.717, 1.165) is 5.56 Å². The number of esters is 1. The van der Waals surface area contributed by atoms with Gasteiger partial charge in [0, 0.05) is 11.6 Å². The SMILES string of the molecule is CC(C)c1ccc(OCC(=O)OCC(=O)NCCc2cccc(Cl)c2)cc1. The third-order valence-corrected chi connectivity index (χ3v) is 4.13. The summed E-state index contributed by atoms with van der Waals surface area (Å²) in [6, 6.07) is 15.0. The summed E-state index contributed by atoms with van der Waals surface area (Å²) in [5.41, 5.74) is 2.22. The second-order valence-electron chi connectivity index (χ2n) is 6.40. The van der Waals surface area contributed by atoms with E-state index in [0.29, 0.717) is 29.7 Å². The minimum atomic E-state index is -0.590. The Balaban J connectivity index is 1.62. The van der Waals surface area contributed by atoms with Crippen LogP contribution < -0.4 is 10.1 Å². The van der Waals surface area contributed by atoms with Gasteiger partial charge in [-0.25, -0.2) is 4.79 Å². The first kappa shape index (κ1) is 20.8. The average Bonchev–Trinajstić information content (AvgIpc) is 2.65. The molecular formula is C21H24ClNO4. The van der Waals surface area contributed by atoms with Crippen LogP contribution in [-0.4, -0.2) is 31.6 Å². The fourth-order valence-corrected chi connectivity index (χ4v) is 2.58. The van der Waals surface area contributed by atoms with Crippen molar-refractivity contribution in [2.24, 2.45) is 0 Å². The molecule has 1 amide bonds. The zero-order valence-corrected chi connectivity index (χ0v) is 16.3. The van der Waals surface area contributed by atoms with E-state index in [1.54, 1.807) is 6.07 Å². The lowest BCUT2D eigenvalue weighted by atomic mass is 10.0. The van der Waals surface area contributed by atoms with Crippen molar-refractivity contribution < 1.29 is 19.1 Å². The normalized spacial score (nSPS) is 10.5. The number of hydrogen-bond acceptors (Lipinski definition) is 4. The highest BCUT2D eigenvalue weighted by molar-refractivity contribution is 6.30. The van der Waals surface area contributed by atoms with Gasteiger partial charge in [0.2, 0.25) is 0 Å². The van der Waals surface area contributed by atoms with E-state index in [1.165, 1.54) is 5.56 Å². The zero-order valence-electron chi connectivity index (χ0n) is 15.5. The molecule has 2 aromatic rings. The van der Waals surface area contributed by atoms with E-state index in [-0.39, 0.29) is 19.1 Å². The Morgan fingerprint density at radius 1 is 1.07 bits per heavy atom. The lowest BCUT2D eigenvalue weighted by Gasteiger charge is -2.09. The number of amides is 1. The minimum Gasteiger partial charge on any atom is -0.482 e. The summed E-state index contributed by atoms with van der Waals surface area (Å²) >= 11 is 5.91. The van der Waals surface area contributed by atoms with Gasteiger partial charge in [0.25, 0.3) is 5.91 Å². The second-order valence-corrected chi connectivity index (χ2v) is 6.84. The van der Waals surface area contributed by atoms with Crippen LogP contribution in [0.1, 0.15) is 30.9 Å². The van der Waals surface area contributed by atoms with Crippen molar-refractivity contribution in [3.8, 4) is 5.75 Å². The van der Waals surface area contributed by atoms with Gasteiger partial charge in [0.15, 0.2) is 13.2 Å². The molecular weight excluding hydrogens is 366 g/mol. The van der Waals surface area contributed by atoms with Gasteiger partial charge in [-0.2, -0.15) is 0 Å². The largest absolute Gasteiger partial charge is 0.482 e. The van der Waals surface area contributed by atoms with Crippen LogP contribution in [0.25, 0.3) is 0 Å². The third-order valence-electron chi connectivity index (χ3n) is 3.89. The first-order chi connectivity index (χ1) is 12.9. The van der Waals surface area contributed by atoms with E-state index in [1.807, 2.05) is 42.5 Å². The van der Waals surface area contributed by atoms with Crippen LogP contribution in [0.2, 0.25) is 5.02 Å². The smallest absolute Gasteiger partial charge is 0.344 e. The molecule has 144 valence electrons. The molecule has 0 bridgehead atoms. The van der Waals surface area contributed by atoms with Crippen molar-refractivity contribution in [2.75, 3.05) is 19.8 Å². The summed E-state index contributed by atoms with van der Waals surface area (Å²) in [4.78, 5) is 23.4. The number of benzene rings is 2.